The van der Waals surface area contributed by atoms with Gasteiger partial charge in [-0.15, -0.1) is 0 Å². The predicted molar refractivity (Wildman–Crippen MR) is 71.3 cm³/mol. The predicted octanol–water partition coefficient (Wildman–Crippen LogP) is 2.24. The molecule has 0 aliphatic carbocycles. The average molecular weight is 246 g/mol. The molecule has 4 heteroatoms. The van der Waals surface area contributed by atoms with Crippen LogP contribution in [0.2, 0.25) is 0 Å². The number of hydrogen-bond acceptors (Lipinski definition) is 2. The van der Waals surface area contributed by atoms with Gasteiger partial charge < -0.3 is 4.74 Å². The summed E-state index contributed by atoms with van der Waals surface area (Å²) in [5.74, 6) is 0. The van der Waals surface area contributed by atoms with Crippen molar-refractivity contribution in [2.24, 2.45) is 0 Å². The maximum absolute atomic E-state index is 12.0. The first-order chi connectivity index (χ1) is 8.52. The second kappa shape index (κ2) is 4.82. The van der Waals surface area contributed by atoms with Crippen LogP contribution in [0.1, 0.15) is 22.4 Å². The first-order valence-corrected chi connectivity index (χ1v) is 5.91. The molecule has 0 unspecified atom stereocenters. The fourth-order valence-corrected chi connectivity index (χ4v) is 2.37. The highest BCUT2D eigenvalue weighted by molar-refractivity contribution is 5.48. The van der Waals surface area contributed by atoms with E-state index in [0.29, 0.717) is 6.61 Å². The third kappa shape index (κ3) is 2.24. The van der Waals surface area contributed by atoms with Gasteiger partial charge in [0.25, 0.3) is 5.56 Å². The van der Waals surface area contributed by atoms with E-state index in [1.54, 1.807) is 17.9 Å². The molecule has 0 saturated carbocycles. The summed E-state index contributed by atoms with van der Waals surface area (Å²) in [6.07, 6.45) is 0. The summed E-state index contributed by atoms with van der Waals surface area (Å²) >= 11 is 0. The molecule has 2 rings (SSSR count). The number of aromatic nitrogens is 2. The highest BCUT2D eigenvalue weighted by atomic mass is 16.5. The SMILES string of the molecule is COCc1cc(=O)n(-c2c(C)cc(C)cc2C)[nH]1. The van der Waals surface area contributed by atoms with E-state index in [4.69, 9.17) is 4.74 Å². The smallest absolute Gasteiger partial charge is 0.271 e. The van der Waals surface area contributed by atoms with E-state index in [0.717, 1.165) is 22.5 Å². The molecule has 0 spiro atoms. The second-order valence-electron chi connectivity index (χ2n) is 4.64. The third-order valence-electron chi connectivity index (χ3n) is 2.93. The molecule has 0 aliphatic rings. The van der Waals surface area contributed by atoms with Gasteiger partial charge in [-0.3, -0.25) is 9.89 Å². The second-order valence-corrected chi connectivity index (χ2v) is 4.64. The molecule has 1 aromatic heterocycles. The largest absolute Gasteiger partial charge is 0.378 e. The van der Waals surface area contributed by atoms with Crippen LogP contribution < -0.4 is 5.56 Å². The van der Waals surface area contributed by atoms with Gasteiger partial charge in [-0.25, -0.2) is 4.68 Å². The first kappa shape index (κ1) is 12.6. The summed E-state index contributed by atoms with van der Waals surface area (Å²) in [5, 5.41) is 3.08. The molecule has 96 valence electrons. The number of rotatable bonds is 3. The molecule has 0 aliphatic heterocycles. The zero-order chi connectivity index (χ0) is 13.3. The summed E-state index contributed by atoms with van der Waals surface area (Å²) < 4.78 is 6.61. The van der Waals surface area contributed by atoms with Gasteiger partial charge in [0.05, 0.1) is 18.0 Å². The highest BCUT2D eigenvalue weighted by Crippen LogP contribution is 2.19. The van der Waals surface area contributed by atoms with E-state index in [1.807, 2.05) is 13.8 Å². The molecule has 0 bridgehead atoms. The number of benzene rings is 1. The number of ether oxygens (including phenoxy) is 1. The maximum Gasteiger partial charge on any atom is 0.271 e. The zero-order valence-electron chi connectivity index (χ0n) is 11.2. The summed E-state index contributed by atoms with van der Waals surface area (Å²) in [6, 6.07) is 5.72. The first-order valence-electron chi connectivity index (χ1n) is 5.91. The van der Waals surface area contributed by atoms with E-state index in [-0.39, 0.29) is 5.56 Å². The fourth-order valence-electron chi connectivity index (χ4n) is 2.37. The zero-order valence-corrected chi connectivity index (χ0v) is 11.2. The molecule has 0 saturated heterocycles. The summed E-state index contributed by atoms with van der Waals surface area (Å²) in [7, 11) is 1.61. The molecule has 0 radical (unpaired) electrons. The van der Waals surface area contributed by atoms with E-state index < -0.39 is 0 Å². The third-order valence-corrected chi connectivity index (χ3v) is 2.93. The van der Waals surface area contributed by atoms with Crippen LogP contribution in [0.15, 0.2) is 23.0 Å². The van der Waals surface area contributed by atoms with Gasteiger partial charge in [0, 0.05) is 13.2 Å². The van der Waals surface area contributed by atoms with Crippen LogP contribution in [0.5, 0.6) is 0 Å². The van der Waals surface area contributed by atoms with Gasteiger partial charge in [-0.05, 0) is 31.9 Å². The van der Waals surface area contributed by atoms with Crippen molar-refractivity contribution in [2.75, 3.05) is 7.11 Å². The standard InChI is InChI=1S/C14H18N2O2/c1-9-5-10(2)14(11(3)6-9)16-13(17)7-12(15-16)8-18-4/h5-7,15H,8H2,1-4H3. The Kier molecular flexibility index (Phi) is 3.39. The van der Waals surface area contributed by atoms with Crippen LogP contribution in [-0.4, -0.2) is 16.9 Å². The Labute approximate surface area is 106 Å². The van der Waals surface area contributed by atoms with Crippen molar-refractivity contribution in [3.05, 3.63) is 50.9 Å². The number of aromatic amines is 1. The van der Waals surface area contributed by atoms with E-state index in [1.165, 1.54) is 5.56 Å². The lowest BCUT2D eigenvalue weighted by atomic mass is 10.1. The number of methoxy groups -OCH3 is 1. The average Bonchev–Trinajstić information content (AvgIpc) is 2.59. The Morgan fingerprint density at radius 3 is 2.33 bits per heavy atom. The Morgan fingerprint density at radius 2 is 1.78 bits per heavy atom. The Hall–Kier alpha value is -1.81. The molecule has 18 heavy (non-hydrogen) atoms. The lowest BCUT2D eigenvalue weighted by Crippen LogP contribution is -2.16. The van der Waals surface area contributed by atoms with E-state index >= 15 is 0 Å². The van der Waals surface area contributed by atoms with Gasteiger partial charge in [0.15, 0.2) is 0 Å². The van der Waals surface area contributed by atoms with Gasteiger partial charge >= 0.3 is 0 Å². The molecule has 4 nitrogen and oxygen atoms in total. The molecular formula is C14H18N2O2. The van der Waals surface area contributed by atoms with Crippen LogP contribution in [0.25, 0.3) is 5.69 Å². The molecule has 0 fully saturated rings. The summed E-state index contributed by atoms with van der Waals surface area (Å²) in [4.78, 5) is 12.0. The van der Waals surface area contributed by atoms with Crippen molar-refractivity contribution in [3.8, 4) is 5.69 Å². The van der Waals surface area contributed by atoms with Crippen LogP contribution in [0.3, 0.4) is 0 Å². The van der Waals surface area contributed by atoms with Crippen LogP contribution in [0, 0.1) is 20.8 Å². The monoisotopic (exact) mass is 246 g/mol. The number of H-pyrrole nitrogens is 1. The molecule has 0 amide bonds. The molecule has 1 aromatic carbocycles. The van der Waals surface area contributed by atoms with E-state index in [9.17, 15) is 4.79 Å². The topological polar surface area (TPSA) is 47.0 Å². The number of aryl methyl sites for hydroxylation is 3. The highest BCUT2D eigenvalue weighted by Gasteiger charge is 2.10. The van der Waals surface area contributed by atoms with Crippen molar-refractivity contribution in [1.29, 1.82) is 0 Å². The number of hydrogen-bond donors (Lipinski definition) is 1. The number of nitrogens with one attached hydrogen (secondary N) is 1. The number of nitrogens with zero attached hydrogens (tertiary/aromatic N) is 1. The Balaban J connectivity index is 2.58. The lowest BCUT2D eigenvalue weighted by Gasteiger charge is -2.11. The molecular weight excluding hydrogens is 228 g/mol. The van der Waals surface area contributed by atoms with Crippen molar-refractivity contribution < 1.29 is 4.74 Å². The van der Waals surface area contributed by atoms with Crippen LogP contribution >= 0.6 is 0 Å². The fraction of sp³-hybridized carbons (Fsp3) is 0.357. The van der Waals surface area contributed by atoms with Crippen LogP contribution in [-0.2, 0) is 11.3 Å². The Morgan fingerprint density at radius 1 is 1.17 bits per heavy atom. The molecule has 1 N–H and O–H groups in total. The molecule has 2 aromatic rings. The van der Waals surface area contributed by atoms with Crippen molar-refractivity contribution in [3.63, 3.8) is 0 Å². The summed E-state index contributed by atoms with van der Waals surface area (Å²) in [5.41, 5.74) is 5.01. The normalized spacial score (nSPS) is 10.9. The Bertz CT molecular complexity index is 600. The quantitative estimate of drug-likeness (QED) is 0.902. The maximum atomic E-state index is 12.0. The van der Waals surface area contributed by atoms with Gasteiger partial charge in [-0.1, -0.05) is 17.7 Å². The van der Waals surface area contributed by atoms with Crippen molar-refractivity contribution in [1.82, 2.24) is 9.78 Å². The van der Waals surface area contributed by atoms with Gasteiger partial charge in [-0.2, -0.15) is 0 Å². The van der Waals surface area contributed by atoms with Gasteiger partial charge in [0.1, 0.15) is 0 Å². The summed E-state index contributed by atoms with van der Waals surface area (Å²) in [6.45, 7) is 6.49. The minimum absolute atomic E-state index is 0.0582. The minimum Gasteiger partial charge on any atom is -0.378 e. The lowest BCUT2D eigenvalue weighted by molar-refractivity contribution is 0.181. The van der Waals surface area contributed by atoms with Crippen molar-refractivity contribution in [2.45, 2.75) is 27.4 Å². The van der Waals surface area contributed by atoms with Gasteiger partial charge in [0.2, 0.25) is 0 Å². The van der Waals surface area contributed by atoms with Crippen molar-refractivity contribution >= 4 is 0 Å². The van der Waals surface area contributed by atoms with E-state index in [2.05, 4.69) is 24.2 Å². The molecule has 0 atom stereocenters. The van der Waals surface area contributed by atoms with Crippen LogP contribution in [0.4, 0.5) is 0 Å². The minimum atomic E-state index is -0.0582. The molecule has 1 heterocycles.